The lowest BCUT2D eigenvalue weighted by Gasteiger charge is -2.40. The quantitative estimate of drug-likeness (QED) is 0.778. The summed E-state index contributed by atoms with van der Waals surface area (Å²) in [5.41, 5.74) is 1.49. The van der Waals surface area contributed by atoms with Crippen molar-refractivity contribution in [2.24, 2.45) is 0 Å². The zero-order valence-electron chi connectivity index (χ0n) is 10.4. The molecule has 4 heteroatoms. The van der Waals surface area contributed by atoms with Crippen LogP contribution in [0, 0.1) is 0 Å². The average Bonchev–Trinajstić information content (AvgIpc) is 2.60. The Morgan fingerprint density at radius 1 is 1.28 bits per heavy atom. The lowest BCUT2D eigenvalue weighted by molar-refractivity contribution is -0.169. The van der Waals surface area contributed by atoms with Crippen LogP contribution in [0.15, 0.2) is 18.2 Å². The van der Waals surface area contributed by atoms with E-state index in [0.717, 1.165) is 36.8 Å². The van der Waals surface area contributed by atoms with Crippen LogP contribution in [0.4, 0.5) is 0 Å². The molecule has 0 atom stereocenters. The second kappa shape index (κ2) is 4.25. The third kappa shape index (κ3) is 1.50. The van der Waals surface area contributed by atoms with Crippen molar-refractivity contribution in [1.29, 1.82) is 0 Å². The number of amides is 1. The summed E-state index contributed by atoms with van der Waals surface area (Å²) in [7, 11) is 1.57. The van der Waals surface area contributed by atoms with E-state index in [0.29, 0.717) is 5.02 Å². The topological polar surface area (TPSA) is 29.5 Å². The number of carbonyl (C=O) groups is 1. The molecule has 2 aliphatic rings. The van der Waals surface area contributed by atoms with Crippen LogP contribution in [-0.2, 0) is 10.4 Å². The Balaban J connectivity index is 2.17. The SMILES string of the molecule is CON1C(=O)c2ccc(Cl)cc2C12CCCCC2. The number of hydrogen-bond donors (Lipinski definition) is 0. The van der Waals surface area contributed by atoms with Gasteiger partial charge in [-0.05, 0) is 36.6 Å². The standard InChI is InChI=1S/C14H16ClNO2/c1-18-16-13(17)11-6-5-10(15)9-12(11)14(16)7-3-2-4-8-14/h5-6,9H,2-4,7-8H2,1H3. The van der Waals surface area contributed by atoms with Crippen LogP contribution in [0.2, 0.25) is 5.02 Å². The summed E-state index contributed by atoms with van der Waals surface area (Å²) in [6.07, 6.45) is 5.39. The molecule has 0 aromatic heterocycles. The molecule has 18 heavy (non-hydrogen) atoms. The lowest BCUT2D eigenvalue weighted by atomic mass is 9.77. The minimum Gasteiger partial charge on any atom is -0.273 e. The smallest absolute Gasteiger partial charge is 0.273 e. The first-order valence-corrected chi connectivity index (χ1v) is 6.75. The predicted octanol–water partition coefficient (Wildman–Crippen LogP) is 3.52. The van der Waals surface area contributed by atoms with Crippen LogP contribution in [0.25, 0.3) is 0 Å². The average molecular weight is 266 g/mol. The van der Waals surface area contributed by atoms with Gasteiger partial charge in [-0.25, -0.2) is 5.06 Å². The van der Waals surface area contributed by atoms with Gasteiger partial charge in [-0.3, -0.25) is 9.63 Å². The summed E-state index contributed by atoms with van der Waals surface area (Å²) in [6, 6.07) is 5.52. The van der Waals surface area contributed by atoms with E-state index in [1.807, 2.05) is 12.1 Å². The molecular formula is C14H16ClNO2. The van der Waals surface area contributed by atoms with Gasteiger partial charge in [0, 0.05) is 10.6 Å². The Hall–Kier alpha value is -1.06. The van der Waals surface area contributed by atoms with Crippen LogP contribution >= 0.6 is 11.6 Å². The number of fused-ring (bicyclic) bond motifs is 2. The first kappa shape index (κ1) is 12.0. The minimum atomic E-state index is -0.287. The molecule has 3 nitrogen and oxygen atoms in total. The molecule has 1 aromatic carbocycles. The third-order valence-electron chi connectivity index (χ3n) is 4.15. The van der Waals surface area contributed by atoms with Gasteiger partial charge in [-0.1, -0.05) is 30.9 Å². The number of carbonyl (C=O) groups excluding carboxylic acids is 1. The Kier molecular flexibility index (Phi) is 2.83. The molecule has 1 fully saturated rings. The van der Waals surface area contributed by atoms with Crippen molar-refractivity contribution < 1.29 is 9.63 Å². The molecule has 1 amide bonds. The molecule has 1 heterocycles. The molecular weight excluding hydrogens is 250 g/mol. The fourth-order valence-electron chi connectivity index (χ4n) is 3.37. The van der Waals surface area contributed by atoms with Crippen LogP contribution in [0.3, 0.4) is 0 Å². The predicted molar refractivity (Wildman–Crippen MR) is 69.4 cm³/mol. The van der Waals surface area contributed by atoms with Gasteiger partial charge in [0.25, 0.3) is 5.91 Å². The number of benzene rings is 1. The van der Waals surface area contributed by atoms with Crippen LogP contribution in [0.1, 0.15) is 48.0 Å². The molecule has 1 aliphatic heterocycles. The molecule has 0 saturated heterocycles. The van der Waals surface area contributed by atoms with E-state index in [1.165, 1.54) is 6.42 Å². The maximum absolute atomic E-state index is 12.4. The first-order valence-electron chi connectivity index (χ1n) is 6.38. The number of rotatable bonds is 1. The molecule has 1 saturated carbocycles. The summed E-state index contributed by atoms with van der Waals surface area (Å²) >= 11 is 6.09. The van der Waals surface area contributed by atoms with Crippen LogP contribution in [-0.4, -0.2) is 18.1 Å². The lowest BCUT2D eigenvalue weighted by Crippen LogP contribution is -2.44. The number of nitrogens with zero attached hydrogens (tertiary/aromatic N) is 1. The van der Waals surface area contributed by atoms with Crippen molar-refractivity contribution in [3.8, 4) is 0 Å². The fourth-order valence-corrected chi connectivity index (χ4v) is 3.54. The van der Waals surface area contributed by atoms with Crippen molar-refractivity contribution in [2.45, 2.75) is 37.6 Å². The van der Waals surface area contributed by atoms with Crippen molar-refractivity contribution in [3.05, 3.63) is 34.3 Å². The highest BCUT2D eigenvalue weighted by Crippen LogP contribution is 2.49. The van der Waals surface area contributed by atoms with Crippen molar-refractivity contribution in [2.75, 3.05) is 7.11 Å². The van der Waals surface area contributed by atoms with E-state index in [4.69, 9.17) is 16.4 Å². The van der Waals surface area contributed by atoms with Crippen molar-refractivity contribution >= 4 is 17.5 Å². The Morgan fingerprint density at radius 3 is 2.67 bits per heavy atom. The molecule has 0 N–H and O–H groups in total. The zero-order chi connectivity index (χ0) is 12.8. The Bertz CT molecular complexity index is 495. The Morgan fingerprint density at radius 2 is 2.00 bits per heavy atom. The number of halogens is 1. The maximum Gasteiger partial charge on any atom is 0.278 e. The summed E-state index contributed by atoms with van der Waals surface area (Å²) in [4.78, 5) is 17.8. The summed E-state index contributed by atoms with van der Waals surface area (Å²) < 4.78 is 0. The van der Waals surface area contributed by atoms with Gasteiger partial charge in [0.15, 0.2) is 0 Å². The molecule has 1 aliphatic carbocycles. The van der Waals surface area contributed by atoms with Gasteiger partial charge in [-0.15, -0.1) is 0 Å². The van der Waals surface area contributed by atoms with Gasteiger partial charge < -0.3 is 0 Å². The van der Waals surface area contributed by atoms with E-state index in [1.54, 1.807) is 18.2 Å². The second-order valence-electron chi connectivity index (χ2n) is 5.06. The molecule has 96 valence electrons. The molecule has 0 unspecified atom stereocenters. The molecule has 0 radical (unpaired) electrons. The van der Waals surface area contributed by atoms with E-state index < -0.39 is 0 Å². The summed E-state index contributed by atoms with van der Waals surface area (Å²) in [5.74, 6) is -0.0360. The van der Waals surface area contributed by atoms with E-state index in [9.17, 15) is 4.79 Å². The highest BCUT2D eigenvalue weighted by atomic mass is 35.5. The van der Waals surface area contributed by atoms with E-state index >= 15 is 0 Å². The summed E-state index contributed by atoms with van der Waals surface area (Å²) in [5, 5.41) is 2.25. The third-order valence-corrected chi connectivity index (χ3v) is 4.38. The van der Waals surface area contributed by atoms with Crippen molar-refractivity contribution in [3.63, 3.8) is 0 Å². The van der Waals surface area contributed by atoms with Crippen molar-refractivity contribution in [1.82, 2.24) is 5.06 Å². The van der Waals surface area contributed by atoms with Gasteiger partial charge in [0.1, 0.15) is 0 Å². The molecule has 0 bridgehead atoms. The first-order chi connectivity index (χ1) is 8.69. The normalized spacial score (nSPS) is 21.4. The number of hydroxylamine groups is 2. The zero-order valence-corrected chi connectivity index (χ0v) is 11.2. The maximum atomic E-state index is 12.4. The van der Waals surface area contributed by atoms with E-state index in [-0.39, 0.29) is 11.4 Å². The van der Waals surface area contributed by atoms with Gasteiger partial charge in [-0.2, -0.15) is 0 Å². The highest BCUT2D eigenvalue weighted by Gasteiger charge is 2.50. The van der Waals surface area contributed by atoms with Gasteiger partial charge in [0.05, 0.1) is 12.6 Å². The molecule has 1 spiro atoms. The summed E-state index contributed by atoms with van der Waals surface area (Å²) in [6.45, 7) is 0. The Labute approximate surface area is 112 Å². The van der Waals surface area contributed by atoms with Gasteiger partial charge in [0.2, 0.25) is 0 Å². The van der Waals surface area contributed by atoms with Gasteiger partial charge >= 0.3 is 0 Å². The molecule has 3 rings (SSSR count). The minimum absolute atomic E-state index is 0.0360. The monoisotopic (exact) mass is 265 g/mol. The largest absolute Gasteiger partial charge is 0.278 e. The van der Waals surface area contributed by atoms with Crippen LogP contribution < -0.4 is 0 Å². The number of hydrogen-bond acceptors (Lipinski definition) is 2. The van der Waals surface area contributed by atoms with Crippen LogP contribution in [0.5, 0.6) is 0 Å². The molecule has 1 aromatic rings. The fraction of sp³-hybridized carbons (Fsp3) is 0.500. The van der Waals surface area contributed by atoms with E-state index in [2.05, 4.69) is 0 Å². The highest BCUT2D eigenvalue weighted by molar-refractivity contribution is 6.30. The second-order valence-corrected chi connectivity index (χ2v) is 5.50.